The van der Waals surface area contributed by atoms with E-state index in [9.17, 15) is 43.2 Å². The summed E-state index contributed by atoms with van der Waals surface area (Å²) in [6, 6.07) is 23.4. The van der Waals surface area contributed by atoms with Gasteiger partial charge in [-0.25, -0.2) is 39.0 Å². The van der Waals surface area contributed by atoms with Gasteiger partial charge in [-0.3, -0.25) is 24.0 Å². The Bertz CT molecular complexity index is 3960. The average molecular weight is 1280 g/mol. The molecule has 1 aliphatic carbocycles. The van der Waals surface area contributed by atoms with E-state index in [4.69, 9.17) is 48.2 Å². The number of fused-ring (bicyclic) bond motifs is 3. The van der Waals surface area contributed by atoms with Gasteiger partial charge in [-0.1, -0.05) is 29.8 Å². The van der Waals surface area contributed by atoms with E-state index in [0.717, 1.165) is 107 Å². The van der Waals surface area contributed by atoms with Gasteiger partial charge < -0.3 is 31.4 Å². The van der Waals surface area contributed by atoms with Crippen molar-refractivity contribution in [3.63, 3.8) is 0 Å². The van der Waals surface area contributed by atoms with Crippen LogP contribution in [-0.4, -0.2) is 111 Å². The molecular weight excluding hydrogens is 1210 g/mol. The monoisotopic (exact) mass is 1280 g/mol. The fourth-order valence-electron chi connectivity index (χ4n) is 12.8. The van der Waals surface area contributed by atoms with Crippen molar-refractivity contribution >= 4 is 52.4 Å². The molecule has 4 fully saturated rings. The molecule has 3 saturated heterocycles. The van der Waals surface area contributed by atoms with Crippen molar-refractivity contribution in [2.24, 2.45) is 22.3 Å². The largest absolute Gasteiger partial charge is 0.370 e. The lowest BCUT2D eigenvalue weighted by Gasteiger charge is -2.38. The van der Waals surface area contributed by atoms with Gasteiger partial charge in [0.25, 0.3) is 0 Å². The Morgan fingerprint density at radius 1 is 0.494 bits per heavy atom. The molecule has 7 aliphatic rings. The van der Waals surface area contributed by atoms with Crippen LogP contribution < -0.4 is 22.3 Å². The maximum atomic E-state index is 14.1. The third kappa shape index (κ3) is 13.8. The third-order valence-corrected chi connectivity index (χ3v) is 22.7. The van der Waals surface area contributed by atoms with Crippen molar-refractivity contribution in [2.75, 3.05) is 26.1 Å². The Hall–Kier alpha value is -5.22. The molecule has 466 valence electrons. The normalized spacial score (nSPS) is 27.1. The van der Waals surface area contributed by atoms with Gasteiger partial charge in [0.2, 0.25) is 0 Å². The Labute approximate surface area is 509 Å². The summed E-state index contributed by atoms with van der Waals surface area (Å²) >= 11 is 6.53. The van der Waals surface area contributed by atoms with Gasteiger partial charge in [0.1, 0.15) is 53.2 Å². The van der Waals surface area contributed by atoms with E-state index < -0.39 is 100 Å². The summed E-state index contributed by atoms with van der Waals surface area (Å²) in [5.74, 6) is 4.17. The van der Waals surface area contributed by atoms with Crippen molar-refractivity contribution in [3.05, 3.63) is 193 Å². The molecule has 2 unspecified atom stereocenters. The van der Waals surface area contributed by atoms with Crippen LogP contribution in [0.5, 0.6) is 0 Å². The fraction of sp³-hybridized carbons (Fsp3) is 0.397. The molecule has 6 aromatic carbocycles. The summed E-state index contributed by atoms with van der Waals surface area (Å²) in [4.78, 5) is 8.16. The number of ether oxygens (including phenoxy) is 3. The predicted molar refractivity (Wildman–Crippen MR) is 324 cm³/mol. The Morgan fingerprint density at radius 3 is 1.25 bits per heavy atom. The lowest BCUT2D eigenvalue weighted by molar-refractivity contribution is -0.0531. The van der Waals surface area contributed by atoms with Gasteiger partial charge in [0, 0.05) is 108 Å². The highest BCUT2D eigenvalue weighted by molar-refractivity contribution is 7.99. The molecule has 8 N–H and O–H groups in total. The smallest absolute Gasteiger partial charge is 0.181 e. The SMILES string of the molecule is C=S(C)(=O)c1ccc2c(c1Cl)CN([C@H]1CO[C@H](c3cc(F)ccc3F)[C@@H](N)C1)C2.C=S(N)(=O)c1ccc2c(c1)CN([C@H]1CO[C@H](c3cc(F)ccc3F)[C@@H](N)C1)C2.N[C@H]1C[C@@H](N2Cc3ccc(S(=O)(=O)C4CC4)cc3C2)CO[C@@H]1c1cc(F)ccc1F. The summed E-state index contributed by atoms with van der Waals surface area (Å²) in [6.07, 6.45) is 2.80. The topological polar surface area (TPSA) is 210 Å². The van der Waals surface area contributed by atoms with Crippen molar-refractivity contribution in [1.29, 1.82) is 0 Å². The Kier molecular flexibility index (Phi) is 18.4. The van der Waals surface area contributed by atoms with Gasteiger partial charge in [-0.05, 0) is 172 Å². The van der Waals surface area contributed by atoms with E-state index in [0.29, 0.717) is 91.5 Å². The summed E-state index contributed by atoms with van der Waals surface area (Å²) in [5.41, 5.74) is 25.7. The highest BCUT2D eigenvalue weighted by atomic mass is 35.5. The third-order valence-electron chi connectivity index (χ3n) is 17.6. The second-order valence-electron chi connectivity index (χ2n) is 24.0. The second kappa shape index (κ2) is 25.2. The molecule has 11 atom stereocenters. The number of sulfone groups is 1. The van der Waals surface area contributed by atoms with Crippen LogP contribution in [0.15, 0.2) is 118 Å². The molecule has 0 spiro atoms. The minimum Gasteiger partial charge on any atom is -0.370 e. The molecule has 24 heteroatoms. The van der Waals surface area contributed by atoms with E-state index >= 15 is 0 Å². The minimum atomic E-state index is -3.21. The maximum Gasteiger partial charge on any atom is 0.181 e. The van der Waals surface area contributed by atoms with E-state index in [1.807, 2.05) is 24.3 Å². The molecule has 6 aromatic rings. The van der Waals surface area contributed by atoms with E-state index in [1.54, 1.807) is 30.5 Å². The first-order valence-electron chi connectivity index (χ1n) is 28.6. The zero-order valence-electron chi connectivity index (χ0n) is 47.8. The van der Waals surface area contributed by atoms with Crippen LogP contribution >= 0.6 is 11.6 Å². The first-order chi connectivity index (χ1) is 41.2. The lowest BCUT2D eigenvalue weighted by atomic mass is 9.93. The molecule has 14 nitrogen and oxygen atoms in total. The average Bonchev–Trinajstić information content (AvgIpc) is 1.87. The molecule has 0 amide bonds. The molecule has 13 rings (SSSR count). The minimum absolute atomic E-state index is 0.0236. The summed E-state index contributed by atoms with van der Waals surface area (Å²) in [7, 11) is -8.38. The Balaban J connectivity index is 0.000000135. The quantitative estimate of drug-likeness (QED) is 0.0749. The van der Waals surface area contributed by atoms with Gasteiger partial charge in [0.05, 0.1) is 44.7 Å². The number of nitrogens with zero attached hydrogens (tertiary/aromatic N) is 3. The summed E-state index contributed by atoms with van der Waals surface area (Å²) < 4.78 is 150. The maximum absolute atomic E-state index is 14.1. The van der Waals surface area contributed by atoms with E-state index in [2.05, 4.69) is 26.4 Å². The molecule has 0 aromatic heterocycles. The van der Waals surface area contributed by atoms with Gasteiger partial charge in [-0.15, -0.1) is 0 Å². The van der Waals surface area contributed by atoms with Gasteiger partial charge in [-0.2, -0.15) is 0 Å². The van der Waals surface area contributed by atoms with Crippen LogP contribution in [-0.2, 0) is 82.5 Å². The fourth-order valence-corrected chi connectivity index (χ4v) is 16.7. The number of hydrogen-bond acceptors (Lipinski definition) is 13. The molecule has 1 saturated carbocycles. The number of nitrogens with two attached hydrogens (primary N) is 4. The molecule has 6 heterocycles. The zero-order chi connectivity index (χ0) is 62.0. The van der Waals surface area contributed by atoms with E-state index in [-0.39, 0.29) is 40.1 Å². The van der Waals surface area contributed by atoms with Crippen molar-refractivity contribution in [2.45, 2.75) is 146 Å². The number of halogens is 7. The molecule has 6 aliphatic heterocycles. The summed E-state index contributed by atoms with van der Waals surface area (Å²) in [5, 5.41) is 5.93. The van der Waals surface area contributed by atoms with Crippen LogP contribution in [0.2, 0.25) is 5.02 Å². The first-order valence-corrected chi connectivity index (χ1v) is 34.5. The van der Waals surface area contributed by atoms with Gasteiger partial charge in [0.15, 0.2) is 9.84 Å². The van der Waals surface area contributed by atoms with Crippen LogP contribution in [0.1, 0.15) is 100 Å². The summed E-state index contributed by atoms with van der Waals surface area (Å²) in [6.45, 7) is 5.06. The lowest BCUT2D eigenvalue weighted by Crippen LogP contribution is -2.47. The Morgan fingerprint density at radius 2 is 0.862 bits per heavy atom. The standard InChI is InChI=1S/C22H24F2N2O3S.C21H23ClF2N2O2S.C20H23F2N3O2S/c23-15-2-6-20(24)19(8-15)22-21(25)9-16(12-29-22)26-10-13-1-3-18(7-14(13)11-26)30(27,28)17-4-5-17;1-29(2,27)19-6-3-12-9-26(10-16(12)20(19)22)14-8-18(25)21(28-11-14)15-7-13(23)4-5-17(15)24;1-28(24,26)16-4-2-12-9-25(10-13(12)6-16)15-8-19(23)20(27-11-15)17-7-14(21)3-5-18(17)22/h1-3,6-8,16-17,21-22H,4-5,9-12,25H2;3-7,14,18,21H,1,8-11,25H2,2H3;2-7,15,19-20H,1,8-11,23H2,(H2,24,26)/t16-,21+,22-;14-,18+,21-,29?;15-,19+,20-,28?/m111/s1. The number of benzene rings is 6. The molecule has 0 radical (unpaired) electrons. The number of hydrogen-bond donors (Lipinski definition) is 4. The van der Waals surface area contributed by atoms with Crippen LogP contribution in [0.4, 0.5) is 26.3 Å². The van der Waals surface area contributed by atoms with E-state index in [1.165, 1.54) is 0 Å². The zero-order valence-corrected chi connectivity index (χ0v) is 51.0. The van der Waals surface area contributed by atoms with Gasteiger partial charge >= 0.3 is 0 Å². The highest BCUT2D eigenvalue weighted by Crippen LogP contribution is 2.41. The van der Waals surface area contributed by atoms with Crippen LogP contribution in [0.3, 0.4) is 0 Å². The van der Waals surface area contributed by atoms with Crippen molar-refractivity contribution in [1.82, 2.24) is 14.7 Å². The second-order valence-corrected chi connectivity index (χ2v) is 31.0. The molecular formula is C63H70ClF6N7O7S3. The molecule has 0 bridgehead atoms. The highest BCUT2D eigenvalue weighted by Gasteiger charge is 2.42. The van der Waals surface area contributed by atoms with Crippen molar-refractivity contribution in [3.8, 4) is 0 Å². The van der Waals surface area contributed by atoms with Crippen LogP contribution in [0.25, 0.3) is 0 Å². The number of rotatable bonds is 10. The first kappa shape index (κ1) is 63.4. The van der Waals surface area contributed by atoms with Crippen LogP contribution in [0, 0.1) is 34.9 Å². The predicted octanol–water partition coefficient (Wildman–Crippen LogP) is 8.66. The molecule has 87 heavy (non-hydrogen) atoms. The van der Waals surface area contributed by atoms with Crippen molar-refractivity contribution < 1.29 is 57.4 Å².